The smallest absolute Gasteiger partial charge is 0.317 e. The van der Waals surface area contributed by atoms with Gasteiger partial charge in [-0.05, 0) is 37.5 Å². The maximum absolute atomic E-state index is 12.1. The first-order valence-corrected chi connectivity index (χ1v) is 6.65. The maximum atomic E-state index is 12.1. The fourth-order valence-electron chi connectivity index (χ4n) is 2.93. The van der Waals surface area contributed by atoms with Crippen molar-refractivity contribution in [1.82, 2.24) is 10.2 Å². The predicted molar refractivity (Wildman–Crippen MR) is 65.4 cm³/mol. The number of amides is 2. The molecule has 3 nitrogen and oxygen atoms in total. The lowest BCUT2D eigenvalue weighted by Gasteiger charge is -2.32. The summed E-state index contributed by atoms with van der Waals surface area (Å²) in [7, 11) is 0. The van der Waals surface area contributed by atoms with E-state index in [1.165, 1.54) is 32.1 Å². The van der Waals surface area contributed by atoms with Crippen LogP contribution in [0, 0.1) is 5.41 Å². The average molecular weight is 224 g/mol. The number of nitrogens with one attached hydrogen (secondary N) is 1. The lowest BCUT2D eigenvalue weighted by atomic mass is 9.87. The van der Waals surface area contributed by atoms with Gasteiger partial charge in [0.15, 0.2) is 0 Å². The second-order valence-corrected chi connectivity index (χ2v) is 5.93. The molecule has 1 saturated carbocycles. The Morgan fingerprint density at radius 3 is 2.44 bits per heavy atom. The number of urea groups is 1. The van der Waals surface area contributed by atoms with Crippen molar-refractivity contribution in [3.05, 3.63) is 0 Å². The first-order chi connectivity index (χ1) is 7.59. The Balaban J connectivity index is 1.86. The minimum atomic E-state index is 0.166. The maximum Gasteiger partial charge on any atom is 0.317 e. The average Bonchev–Trinajstić information content (AvgIpc) is 2.59. The molecule has 2 aliphatic rings. The zero-order valence-corrected chi connectivity index (χ0v) is 10.6. The van der Waals surface area contributed by atoms with Gasteiger partial charge in [0.1, 0.15) is 0 Å². The van der Waals surface area contributed by atoms with Gasteiger partial charge in [0.25, 0.3) is 0 Å². The molecule has 0 aromatic rings. The molecule has 0 bridgehead atoms. The van der Waals surface area contributed by atoms with Crippen molar-refractivity contribution in [2.24, 2.45) is 5.41 Å². The summed E-state index contributed by atoms with van der Waals surface area (Å²) < 4.78 is 0. The monoisotopic (exact) mass is 224 g/mol. The summed E-state index contributed by atoms with van der Waals surface area (Å²) in [6, 6.07) is 0.543. The van der Waals surface area contributed by atoms with Crippen LogP contribution in [0.3, 0.4) is 0 Å². The van der Waals surface area contributed by atoms with Crippen molar-refractivity contribution in [1.29, 1.82) is 0 Å². The largest absolute Gasteiger partial charge is 0.335 e. The summed E-state index contributed by atoms with van der Waals surface area (Å²) in [4.78, 5) is 14.0. The summed E-state index contributed by atoms with van der Waals surface area (Å²) in [6.07, 6.45) is 7.24. The zero-order chi connectivity index (χ0) is 11.6. The van der Waals surface area contributed by atoms with Crippen LogP contribution < -0.4 is 5.32 Å². The molecule has 0 aromatic carbocycles. The minimum absolute atomic E-state index is 0.166. The standard InChI is InChI=1S/C13H24N2O/c1-13(2)8-6-7-11(13)14-12(16)15-9-4-3-5-10-15/h11H,3-10H2,1-2H3,(H,14,16). The molecule has 1 atom stereocenters. The molecule has 1 unspecified atom stereocenters. The summed E-state index contributed by atoms with van der Waals surface area (Å²) in [5.74, 6) is 0. The van der Waals surface area contributed by atoms with Crippen LogP contribution in [-0.4, -0.2) is 30.1 Å². The van der Waals surface area contributed by atoms with Gasteiger partial charge in [-0.2, -0.15) is 0 Å². The number of likely N-dealkylation sites (tertiary alicyclic amines) is 1. The third-order valence-corrected chi connectivity index (χ3v) is 4.20. The summed E-state index contributed by atoms with van der Waals surface area (Å²) in [5, 5.41) is 3.23. The van der Waals surface area contributed by atoms with Gasteiger partial charge in [0.05, 0.1) is 0 Å². The number of carbonyl (C=O) groups excluding carboxylic acids is 1. The zero-order valence-electron chi connectivity index (χ0n) is 10.6. The van der Waals surface area contributed by atoms with E-state index in [2.05, 4.69) is 19.2 Å². The van der Waals surface area contributed by atoms with Crippen LogP contribution in [0.1, 0.15) is 52.4 Å². The van der Waals surface area contributed by atoms with Gasteiger partial charge >= 0.3 is 6.03 Å². The van der Waals surface area contributed by atoms with Crippen LogP contribution in [0.4, 0.5) is 4.79 Å². The first kappa shape index (κ1) is 11.7. The number of rotatable bonds is 1. The molecule has 92 valence electrons. The number of hydrogen-bond acceptors (Lipinski definition) is 1. The van der Waals surface area contributed by atoms with Crippen LogP contribution in [0.25, 0.3) is 0 Å². The van der Waals surface area contributed by atoms with Crippen molar-refractivity contribution < 1.29 is 4.79 Å². The molecule has 2 rings (SSSR count). The highest BCUT2D eigenvalue weighted by Crippen LogP contribution is 2.37. The molecule has 2 fully saturated rings. The van der Waals surface area contributed by atoms with E-state index in [0.29, 0.717) is 6.04 Å². The normalized spacial score (nSPS) is 29.1. The Morgan fingerprint density at radius 1 is 1.19 bits per heavy atom. The topological polar surface area (TPSA) is 32.3 Å². The SMILES string of the molecule is CC1(C)CCCC1NC(=O)N1CCCCC1. The van der Waals surface area contributed by atoms with E-state index >= 15 is 0 Å². The van der Waals surface area contributed by atoms with E-state index in [0.717, 1.165) is 19.5 Å². The van der Waals surface area contributed by atoms with E-state index in [9.17, 15) is 4.79 Å². The number of hydrogen-bond donors (Lipinski definition) is 1. The van der Waals surface area contributed by atoms with Crippen molar-refractivity contribution in [3.8, 4) is 0 Å². The van der Waals surface area contributed by atoms with E-state index in [1.807, 2.05) is 4.90 Å². The first-order valence-electron chi connectivity index (χ1n) is 6.65. The molecule has 3 heteroatoms. The van der Waals surface area contributed by atoms with Gasteiger partial charge in [-0.15, -0.1) is 0 Å². The molecule has 1 aliphatic carbocycles. The third-order valence-electron chi connectivity index (χ3n) is 4.20. The Morgan fingerprint density at radius 2 is 1.88 bits per heavy atom. The van der Waals surface area contributed by atoms with E-state index in [4.69, 9.17) is 0 Å². The molecule has 1 saturated heterocycles. The highest BCUT2D eigenvalue weighted by molar-refractivity contribution is 5.74. The van der Waals surface area contributed by atoms with Gasteiger partial charge < -0.3 is 10.2 Å². The van der Waals surface area contributed by atoms with Gasteiger partial charge in [-0.1, -0.05) is 20.3 Å². The molecule has 2 amide bonds. The molecule has 0 spiro atoms. The van der Waals surface area contributed by atoms with Crippen LogP contribution >= 0.6 is 0 Å². The Hall–Kier alpha value is -0.730. The van der Waals surface area contributed by atoms with Gasteiger partial charge in [-0.3, -0.25) is 0 Å². The Kier molecular flexibility index (Phi) is 3.41. The van der Waals surface area contributed by atoms with Crippen LogP contribution in [-0.2, 0) is 0 Å². The Bertz CT molecular complexity index is 257. The molecule has 16 heavy (non-hydrogen) atoms. The minimum Gasteiger partial charge on any atom is -0.335 e. The van der Waals surface area contributed by atoms with Crippen LogP contribution in [0.5, 0.6) is 0 Å². The van der Waals surface area contributed by atoms with Gasteiger partial charge in [0, 0.05) is 19.1 Å². The number of carbonyl (C=O) groups is 1. The van der Waals surface area contributed by atoms with Crippen molar-refractivity contribution in [3.63, 3.8) is 0 Å². The molecule has 1 aliphatic heterocycles. The van der Waals surface area contributed by atoms with Crippen molar-refractivity contribution in [2.75, 3.05) is 13.1 Å². The summed E-state index contributed by atoms with van der Waals surface area (Å²) >= 11 is 0. The fraction of sp³-hybridized carbons (Fsp3) is 0.923. The van der Waals surface area contributed by atoms with Crippen LogP contribution in [0.2, 0.25) is 0 Å². The molecular weight excluding hydrogens is 200 g/mol. The highest BCUT2D eigenvalue weighted by Gasteiger charge is 2.36. The fourth-order valence-corrected chi connectivity index (χ4v) is 2.93. The van der Waals surface area contributed by atoms with E-state index in [1.54, 1.807) is 0 Å². The van der Waals surface area contributed by atoms with E-state index in [-0.39, 0.29) is 11.4 Å². The number of piperidine rings is 1. The summed E-state index contributed by atoms with van der Waals surface area (Å²) in [5.41, 5.74) is 0.283. The van der Waals surface area contributed by atoms with Crippen molar-refractivity contribution >= 4 is 6.03 Å². The second kappa shape index (κ2) is 4.64. The van der Waals surface area contributed by atoms with E-state index < -0.39 is 0 Å². The third kappa shape index (κ3) is 2.50. The van der Waals surface area contributed by atoms with Crippen molar-refractivity contribution in [2.45, 2.75) is 58.4 Å². The summed E-state index contributed by atoms with van der Waals surface area (Å²) in [6.45, 7) is 6.42. The molecular formula is C13H24N2O. The number of nitrogens with zero attached hydrogens (tertiary/aromatic N) is 1. The molecule has 0 aromatic heterocycles. The quantitative estimate of drug-likeness (QED) is 0.730. The molecule has 1 N–H and O–H groups in total. The second-order valence-electron chi connectivity index (χ2n) is 5.93. The Labute approximate surface area is 98.6 Å². The lowest BCUT2D eigenvalue weighted by molar-refractivity contribution is 0.172. The van der Waals surface area contributed by atoms with Gasteiger partial charge in [0.2, 0.25) is 0 Å². The predicted octanol–water partition coefficient (Wildman–Crippen LogP) is 2.76. The molecule has 0 radical (unpaired) electrons. The lowest BCUT2D eigenvalue weighted by Crippen LogP contribution is -2.49. The molecule has 1 heterocycles. The van der Waals surface area contributed by atoms with Gasteiger partial charge in [-0.25, -0.2) is 4.79 Å². The highest BCUT2D eigenvalue weighted by atomic mass is 16.2. The van der Waals surface area contributed by atoms with Crippen LogP contribution in [0.15, 0.2) is 0 Å².